The second kappa shape index (κ2) is 12.0. The van der Waals surface area contributed by atoms with Gasteiger partial charge in [0.2, 0.25) is 5.95 Å². The molecule has 0 aliphatic carbocycles. The molecule has 3 N–H and O–H groups in total. The molecule has 1 amide bonds. The highest BCUT2D eigenvalue weighted by atomic mass is 16.1. The van der Waals surface area contributed by atoms with E-state index >= 15 is 0 Å². The molecule has 29 heavy (non-hydrogen) atoms. The molecule has 1 aromatic rings. The van der Waals surface area contributed by atoms with Crippen LogP contribution in [0.1, 0.15) is 70.7 Å². The Labute approximate surface area is 176 Å². The number of hydrogen-bond acceptors (Lipinski definition) is 6. The summed E-state index contributed by atoms with van der Waals surface area (Å²) in [6.07, 6.45) is 6.65. The van der Waals surface area contributed by atoms with E-state index in [0.717, 1.165) is 26.1 Å². The largest absolute Gasteiger partial charge is 0.369 e. The zero-order valence-corrected chi connectivity index (χ0v) is 18.9. The van der Waals surface area contributed by atoms with Crippen molar-refractivity contribution in [1.82, 2.24) is 20.2 Å². The Bertz CT molecular complexity index is 634. The van der Waals surface area contributed by atoms with E-state index in [1.54, 1.807) is 6.20 Å². The maximum Gasteiger partial charge on any atom is 0.256 e. The first-order chi connectivity index (χ1) is 13.9. The number of aromatic nitrogens is 2. The molecule has 7 heteroatoms. The lowest BCUT2D eigenvalue weighted by Gasteiger charge is -2.33. The third kappa shape index (κ3) is 8.17. The second-order valence-corrected chi connectivity index (χ2v) is 9.00. The van der Waals surface area contributed by atoms with Gasteiger partial charge in [-0.3, -0.25) is 4.79 Å². The van der Waals surface area contributed by atoms with Gasteiger partial charge >= 0.3 is 0 Å². The van der Waals surface area contributed by atoms with Gasteiger partial charge in [-0.15, -0.1) is 0 Å². The van der Waals surface area contributed by atoms with E-state index in [-0.39, 0.29) is 5.91 Å². The van der Waals surface area contributed by atoms with Gasteiger partial charge in [0.1, 0.15) is 11.4 Å². The normalized spacial score (nSPS) is 17.6. The van der Waals surface area contributed by atoms with Gasteiger partial charge in [-0.1, -0.05) is 34.1 Å². The van der Waals surface area contributed by atoms with Crippen LogP contribution in [0.15, 0.2) is 6.20 Å². The monoisotopic (exact) mass is 404 g/mol. The fraction of sp³-hybridized carbons (Fsp3) is 0.773. The number of nitrogens with zero attached hydrogens (tertiary/aromatic N) is 3. The maximum atomic E-state index is 12.5. The number of hydrogen-bond donors (Lipinski definition) is 3. The van der Waals surface area contributed by atoms with Crippen molar-refractivity contribution in [2.45, 2.75) is 66.3 Å². The Balaban J connectivity index is 1.93. The average molecular weight is 405 g/mol. The van der Waals surface area contributed by atoms with Crippen LogP contribution in [0.2, 0.25) is 0 Å². The smallest absolute Gasteiger partial charge is 0.256 e. The summed E-state index contributed by atoms with van der Waals surface area (Å²) < 4.78 is 0. The van der Waals surface area contributed by atoms with E-state index in [2.05, 4.69) is 65.4 Å². The zero-order valence-electron chi connectivity index (χ0n) is 18.9. The molecule has 1 saturated heterocycles. The second-order valence-electron chi connectivity index (χ2n) is 9.00. The quantitative estimate of drug-likeness (QED) is 0.489. The summed E-state index contributed by atoms with van der Waals surface area (Å²) >= 11 is 0. The summed E-state index contributed by atoms with van der Waals surface area (Å²) in [5.41, 5.74) is 0.499. The number of anilines is 2. The lowest BCUT2D eigenvalue weighted by molar-refractivity contribution is 0.0949. The van der Waals surface area contributed by atoms with E-state index in [1.807, 2.05) is 0 Å². The topological polar surface area (TPSA) is 82.2 Å². The van der Waals surface area contributed by atoms with Crippen molar-refractivity contribution in [3.05, 3.63) is 11.8 Å². The van der Waals surface area contributed by atoms with Gasteiger partial charge < -0.3 is 20.9 Å². The average Bonchev–Trinajstić information content (AvgIpc) is 2.69. The molecule has 1 atom stereocenters. The molecule has 2 heterocycles. The van der Waals surface area contributed by atoms with Gasteiger partial charge in [-0.25, -0.2) is 4.98 Å². The van der Waals surface area contributed by atoms with E-state index in [1.165, 1.54) is 25.8 Å². The molecule has 7 nitrogen and oxygen atoms in total. The Morgan fingerprint density at radius 3 is 2.62 bits per heavy atom. The van der Waals surface area contributed by atoms with Gasteiger partial charge in [0.15, 0.2) is 0 Å². The molecular weight excluding hydrogens is 364 g/mol. The van der Waals surface area contributed by atoms with E-state index < -0.39 is 0 Å². The predicted molar refractivity (Wildman–Crippen MR) is 121 cm³/mol. The number of amides is 1. The third-order valence-electron chi connectivity index (χ3n) is 5.23. The summed E-state index contributed by atoms with van der Waals surface area (Å²) in [5, 5.41) is 9.59. The molecule has 164 valence electrons. The SMILES string of the molecule is CC(C)CNC(=O)c1cnc(NCCCN2CCCCC2C)nc1NCC(C)C. The fourth-order valence-corrected chi connectivity index (χ4v) is 3.43. The molecule has 0 radical (unpaired) electrons. The van der Waals surface area contributed by atoms with E-state index in [0.29, 0.717) is 41.8 Å². The Morgan fingerprint density at radius 1 is 1.17 bits per heavy atom. The van der Waals surface area contributed by atoms with Gasteiger partial charge in [0.25, 0.3) is 5.91 Å². The molecule has 0 spiro atoms. The van der Waals surface area contributed by atoms with Crippen molar-refractivity contribution in [2.24, 2.45) is 11.8 Å². The Hall–Kier alpha value is -1.89. The Morgan fingerprint density at radius 2 is 1.93 bits per heavy atom. The molecule has 0 bridgehead atoms. The van der Waals surface area contributed by atoms with E-state index in [4.69, 9.17) is 0 Å². The summed E-state index contributed by atoms with van der Waals surface area (Å²) in [5.74, 6) is 1.90. The molecule has 0 aromatic carbocycles. The van der Waals surface area contributed by atoms with Crippen molar-refractivity contribution in [2.75, 3.05) is 43.4 Å². The fourth-order valence-electron chi connectivity index (χ4n) is 3.43. The van der Waals surface area contributed by atoms with E-state index in [9.17, 15) is 4.79 Å². The van der Waals surface area contributed by atoms with Crippen molar-refractivity contribution in [3.8, 4) is 0 Å². The van der Waals surface area contributed by atoms with Crippen molar-refractivity contribution in [1.29, 1.82) is 0 Å². The number of carbonyl (C=O) groups excluding carboxylic acids is 1. The maximum absolute atomic E-state index is 12.5. The molecule has 1 fully saturated rings. The van der Waals surface area contributed by atoms with Crippen molar-refractivity contribution < 1.29 is 4.79 Å². The number of nitrogens with one attached hydrogen (secondary N) is 3. The molecule has 1 aliphatic heterocycles. The highest BCUT2D eigenvalue weighted by Crippen LogP contribution is 2.17. The van der Waals surface area contributed by atoms with Gasteiger partial charge in [0, 0.05) is 38.4 Å². The highest BCUT2D eigenvalue weighted by Gasteiger charge is 2.18. The minimum absolute atomic E-state index is 0.129. The van der Waals surface area contributed by atoms with Crippen LogP contribution in [0.5, 0.6) is 0 Å². The van der Waals surface area contributed by atoms with Crippen LogP contribution in [0.3, 0.4) is 0 Å². The molecule has 1 unspecified atom stereocenters. The van der Waals surface area contributed by atoms with Crippen molar-refractivity contribution in [3.63, 3.8) is 0 Å². The summed E-state index contributed by atoms with van der Waals surface area (Å²) in [4.78, 5) is 24.1. The number of carbonyl (C=O) groups is 1. The molecule has 0 saturated carbocycles. The van der Waals surface area contributed by atoms with Crippen LogP contribution in [0.4, 0.5) is 11.8 Å². The van der Waals surface area contributed by atoms with Gasteiger partial charge in [-0.2, -0.15) is 4.98 Å². The van der Waals surface area contributed by atoms with Crippen molar-refractivity contribution >= 4 is 17.7 Å². The number of rotatable bonds is 11. The first kappa shape index (κ1) is 23.4. The van der Waals surface area contributed by atoms with Crippen LogP contribution in [0.25, 0.3) is 0 Å². The minimum Gasteiger partial charge on any atom is -0.369 e. The summed E-state index contributed by atoms with van der Waals surface area (Å²) in [6.45, 7) is 15.3. The van der Waals surface area contributed by atoms with Gasteiger partial charge in [0.05, 0.1) is 0 Å². The first-order valence-electron chi connectivity index (χ1n) is 11.2. The van der Waals surface area contributed by atoms with Gasteiger partial charge in [-0.05, 0) is 44.6 Å². The van der Waals surface area contributed by atoms with Crippen LogP contribution in [-0.2, 0) is 0 Å². The lowest BCUT2D eigenvalue weighted by atomic mass is 10.0. The number of piperidine rings is 1. The standard InChI is InChI=1S/C22H40N6O/c1-16(2)13-24-20-19(21(29)25-14-17(3)4)15-26-22(27-20)23-10-8-12-28-11-7-6-9-18(28)5/h15-18H,6-14H2,1-5H3,(H,25,29)(H2,23,24,26,27). The zero-order chi connectivity index (χ0) is 21.2. The van der Waals surface area contributed by atoms with Crippen LogP contribution in [-0.4, -0.2) is 59.5 Å². The lowest BCUT2D eigenvalue weighted by Crippen LogP contribution is -2.38. The third-order valence-corrected chi connectivity index (χ3v) is 5.23. The Kier molecular flexibility index (Phi) is 9.64. The molecule has 1 aromatic heterocycles. The molecule has 1 aliphatic rings. The number of likely N-dealkylation sites (tertiary alicyclic amines) is 1. The molecule has 2 rings (SSSR count). The van der Waals surface area contributed by atoms with Crippen LogP contribution < -0.4 is 16.0 Å². The minimum atomic E-state index is -0.129. The van der Waals surface area contributed by atoms with Crippen LogP contribution in [0, 0.1) is 11.8 Å². The van der Waals surface area contributed by atoms with Crippen LogP contribution >= 0.6 is 0 Å². The first-order valence-corrected chi connectivity index (χ1v) is 11.2. The molecular formula is C22H40N6O. The predicted octanol–water partition coefficient (Wildman–Crippen LogP) is 3.61. The summed E-state index contributed by atoms with van der Waals surface area (Å²) in [6, 6.07) is 0.690. The summed E-state index contributed by atoms with van der Waals surface area (Å²) in [7, 11) is 0. The highest BCUT2D eigenvalue weighted by molar-refractivity contribution is 5.98.